The predicted molar refractivity (Wildman–Crippen MR) is 70.9 cm³/mol. The lowest BCUT2D eigenvalue weighted by molar-refractivity contribution is -0.222. The standard InChI is InChI=1S/C13H13ClF2N2O2/c1-8-7-13(20,12(2,15)16)18(17-8)11(19)9-3-5-10(14)6-4-9/h3-6,20H,7H2,1-2H3/t13-/m1/s1. The van der Waals surface area contributed by atoms with Crippen molar-refractivity contribution in [1.29, 1.82) is 0 Å². The van der Waals surface area contributed by atoms with Gasteiger partial charge in [-0.2, -0.15) is 10.1 Å². The maximum Gasteiger partial charge on any atom is 0.294 e. The van der Waals surface area contributed by atoms with Crippen molar-refractivity contribution in [2.75, 3.05) is 0 Å². The zero-order chi connectivity index (χ0) is 15.1. The summed E-state index contributed by atoms with van der Waals surface area (Å²) in [7, 11) is 0. The lowest BCUT2D eigenvalue weighted by Gasteiger charge is -2.35. The Morgan fingerprint density at radius 2 is 2.00 bits per heavy atom. The van der Waals surface area contributed by atoms with Gasteiger partial charge >= 0.3 is 0 Å². The number of carbonyl (C=O) groups excluding carboxylic acids is 1. The molecule has 0 saturated heterocycles. The summed E-state index contributed by atoms with van der Waals surface area (Å²) in [6, 6.07) is 5.71. The van der Waals surface area contributed by atoms with E-state index in [-0.39, 0.29) is 11.3 Å². The number of nitrogens with zero attached hydrogens (tertiary/aromatic N) is 2. The summed E-state index contributed by atoms with van der Waals surface area (Å²) in [6.07, 6.45) is -0.393. The van der Waals surface area contributed by atoms with Crippen molar-refractivity contribution in [2.24, 2.45) is 5.10 Å². The van der Waals surface area contributed by atoms with Crippen LogP contribution in [-0.2, 0) is 0 Å². The zero-order valence-corrected chi connectivity index (χ0v) is 11.7. The van der Waals surface area contributed by atoms with Crippen LogP contribution in [0, 0.1) is 0 Å². The molecule has 0 aromatic heterocycles. The van der Waals surface area contributed by atoms with E-state index in [9.17, 15) is 18.7 Å². The van der Waals surface area contributed by atoms with Gasteiger partial charge in [0.05, 0.1) is 0 Å². The van der Waals surface area contributed by atoms with Crippen molar-refractivity contribution in [3.8, 4) is 0 Å². The highest BCUT2D eigenvalue weighted by Crippen LogP contribution is 2.39. The fraction of sp³-hybridized carbons (Fsp3) is 0.385. The Morgan fingerprint density at radius 1 is 1.45 bits per heavy atom. The predicted octanol–water partition coefficient (Wildman–Crippen LogP) is 2.91. The molecular weight excluding hydrogens is 290 g/mol. The van der Waals surface area contributed by atoms with Crippen LogP contribution in [0.1, 0.15) is 30.6 Å². The molecule has 0 unspecified atom stereocenters. The van der Waals surface area contributed by atoms with Crippen LogP contribution in [-0.4, -0.2) is 33.4 Å². The fourth-order valence-corrected chi connectivity index (χ4v) is 2.12. The third-order valence-corrected chi connectivity index (χ3v) is 3.36. The monoisotopic (exact) mass is 302 g/mol. The molecule has 4 nitrogen and oxygen atoms in total. The quantitative estimate of drug-likeness (QED) is 0.913. The number of rotatable bonds is 2. The van der Waals surface area contributed by atoms with Gasteiger partial charge in [0.2, 0.25) is 5.72 Å². The largest absolute Gasteiger partial charge is 0.364 e. The molecule has 1 aromatic rings. The zero-order valence-electron chi connectivity index (χ0n) is 10.9. The molecule has 7 heteroatoms. The third kappa shape index (κ3) is 2.41. The number of hydrazone groups is 1. The van der Waals surface area contributed by atoms with Crippen molar-refractivity contribution in [3.05, 3.63) is 34.9 Å². The first-order chi connectivity index (χ1) is 9.15. The summed E-state index contributed by atoms with van der Waals surface area (Å²) in [4.78, 5) is 12.2. The Kier molecular flexibility index (Phi) is 3.56. The average Bonchev–Trinajstić information content (AvgIpc) is 2.65. The van der Waals surface area contributed by atoms with Gasteiger partial charge in [-0.05, 0) is 31.2 Å². The highest BCUT2D eigenvalue weighted by atomic mass is 35.5. The molecule has 0 radical (unpaired) electrons. The minimum atomic E-state index is -3.50. The third-order valence-electron chi connectivity index (χ3n) is 3.11. The van der Waals surface area contributed by atoms with Gasteiger partial charge in [0.1, 0.15) is 0 Å². The number of halogens is 3. The van der Waals surface area contributed by atoms with E-state index in [0.717, 1.165) is 0 Å². The van der Waals surface area contributed by atoms with Crippen molar-refractivity contribution in [3.63, 3.8) is 0 Å². The first kappa shape index (κ1) is 14.9. The maximum absolute atomic E-state index is 13.6. The smallest absolute Gasteiger partial charge is 0.294 e. The van der Waals surface area contributed by atoms with Gasteiger partial charge in [0.25, 0.3) is 11.8 Å². The summed E-state index contributed by atoms with van der Waals surface area (Å²) >= 11 is 5.71. The molecule has 0 fully saturated rings. The van der Waals surface area contributed by atoms with E-state index in [4.69, 9.17) is 11.6 Å². The number of carbonyl (C=O) groups is 1. The van der Waals surface area contributed by atoms with Gasteiger partial charge in [-0.3, -0.25) is 4.79 Å². The molecule has 1 aromatic carbocycles. The van der Waals surface area contributed by atoms with Gasteiger partial charge in [0.15, 0.2) is 0 Å². The summed E-state index contributed by atoms with van der Waals surface area (Å²) in [5.74, 6) is -4.31. The van der Waals surface area contributed by atoms with Gasteiger partial charge in [-0.15, -0.1) is 0 Å². The summed E-state index contributed by atoms with van der Waals surface area (Å²) in [6.45, 7) is 2.04. The van der Waals surface area contributed by atoms with Gasteiger partial charge in [0, 0.05) is 29.6 Å². The van der Waals surface area contributed by atoms with E-state index in [1.807, 2.05) is 0 Å². The second kappa shape index (κ2) is 4.79. The number of alkyl halides is 2. The van der Waals surface area contributed by atoms with E-state index < -0.39 is 24.0 Å². The van der Waals surface area contributed by atoms with E-state index in [0.29, 0.717) is 17.0 Å². The molecule has 0 spiro atoms. The van der Waals surface area contributed by atoms with Crippen LogP contribution >= 0.6 is 11.6 Å². The highest BCUT2D eigenvalue weighted by molar-refractivity contribution is 6.30. The molecular formula is C13H13ClF2N2O2. The van der Waals surface area contributed by atoms with Crippen LogP contribution in [0.15, 0.2) is 29.4 Å². The molecule has 1 aliphatic rings. The molecule has 1 atom stereocenters. The number of benzene rings is 1. The normalized spacial score (nSPS) is 22.9. The molecule has 1 amide bonds. The van der Waals surface area contributed by atoms with Crippen molar-refractivity contribution in [1.82, 2.24) is 5.01 Å². The lowest BCUT2D eigenvalue weighted by atomic mass is 10.0. The average molecular weight is 303 g/mol. The Balaban J connectivity index is 2.39. The van der Waals surface area contributed by atoms with Gasteiger partial charge < -0.3 is 5.11 Å². The first-order valence-corrected chi connectivity index (χ1v) is 6.27. The van der Waals surface area contributed by atoms with Crippen LogP contribution in [0.4, 0.5) is 8.78 Å². The van der Waals surface area contributed by atoms with Crippen molar-refractivity contribution in [2.45, 2.75) is 31.9 Å². The molecule has 2 rings (SSSR count). The van der Waals surface area contributed by atoms with E-state index in [2.05, 4.69) is 5.10 Å². The molecule has 20 heavy (non-hydrogen) atoms. The van der Waals surface area contributed by atoms with Crippen LogP contribution in [0.3, 0.4) is 0 Å². The second-order valence-electron chi connectivity index (χ2n) is 4.84. The van der Waals surface area contributed by atoms with Crippen LogP contribution in [0.5, 0.6) is 0 Å². The molecule has 1 N–H and O–H groups in total. The minimum Gasteiger partial charge on any atom is -0.364 e. The minimum absolute atomic E-state index is 0.121. The number of aliphatic hydroxyl groups is 1. The molecule has 0 aliphatic carbocycles. The number of hydrogen-bond acceptors (Lipinski definition) is 3. The number of amides is 1. The van der Waals surface area contributed by atoms with Crippen LogP contribution in [0.2, 0.25) is 5.02 Å². The van der Waals surface area contributed by atoms with Crippen molar-refractivity contribution >= 4 is 23.2 Å². The van der Waals surface area contributed by atoms with Gasteiger partial charge in [-0.1, -0.05) is 11.6 Å². The van der Waals surface area contributed by atoms with Gasteiger partial charge in [-0.25, -0.2) is 8.78 Å². The second-order valence-corrected chi connectivity index (χ2v) is 5.28. The van der Waals surface area contributed by atoms with E-state index in [1.54, 1.807) is 0 Å². The topological polar surface area (TPSA) is 52.9 Å². The summed E-state index contributed by atoms with van der Waals surface area (Å²) in [5.41, 5.74) is -2.26. The Labute approximate surface area is 119 Å². The SMILES string of the molecule is CC1=NN(C(=O)c2ccc(Cl)cc2)[C@](O)(C(C)(F)F)C1. The molecule has 108 valence electrons. The maximum atomic E-state index is 13.6. The summed E-state index contributed by atoms with van der Waals surface area (Å²) < 4.78 is 27.3. The molecule has 0 saturated carbocycles. The Bertz CT molecular complexity index is 569. The lowest BCUT2D eigenvalue weighted by Crippen LogP contribution is -2.57. The highest BCUT2D eigenvalue weighted by Gasteiger charge is 2.58. The van der Waals surface area contributed by atoms with E-state index >= 15 is 0 Å². The molecule has 1 aliphatic heterocycles. The first-order valence-electron chi connectivity index (χ1n) is 5.89. The number of hydrogen-bond donors (Lipinski definition) is 1. The molecule has 1 heterocycles. The van der Waals surface area contributed by atoms with Crippen molar-refractivity contribution < 1.29 is 18.7 Å². The Morgan fingerprint density at radius 3 is 2.50 bits per heavy atom. The Hall–Kier alpha value is -1.53. The van der Waals surface area contributed by atoms with E-state index in [1.165, 1.54) is 31.2 Å². The summed E-state index contributed by atoms with van der Waals surface area (Å²) in [5, 5.41) is 14.8. The fourth-order valence-electron chi connectivity index (χ4n) is 1.99. The molecule has 0 bridgehead atoms. The van der Waals surface area contributed by atoms with Crippen LogP contribution < -0.4 is 0 Å². The van der Waals surface area contributed by atoms with Crippen LogP contribution in [0.25, 0.3) is 0 Å².